The van der Waals surface area contributed by atoms with Gasteiger partial charge in [-0.05, 0) is 68.7 Å². The summed E-state index contributed by atoms with van der Waals surface area (Å²) in [6, 6.07) is 6.25. The SMILES string of the molecule is COc1ccc(S(=O)(=O)NCC2CCC(C(=O)NCC(=O)NCC3CCCO3)CC2)cc1. The molecule has 1 saturated heterocycles. The number of carbonyl (C=O) groups excluding carboxylic acids is 2. The number of amides is 2. The van der Waals surface area contributed by atoms with Crippen LogP contribution in [0.15, 0.2) is 29.2 Å². The van der Waals surface area contributed by atoms with Crippen LogP contribution >= 0.6 is 0 Å². The smallest absolute Gasteiger partial charge is 0.240 e. The van der Waals surface area contributed by atoms with Crippen LogP contribution in [0.1, 0.15) is 38.5 Å². The quantitative estimate of drug-likeness (QED) is 0.475. The summed E-state index contributed by atoms with van der Waals surface area (Å²) in [5, 5.41) is 5.51. The van der Waals surface area contributed by atoms with Crippen LogP contribution in [-0.4, -0.2) is 59.7 Å². The van der Waals surface area contributed by atoms with Crippen LogP contribution in [-0.2, 0) is 24.3 Å². The van der Waals surface area contributed by atoms with Gasteiger partial charge in [0.15, 0.2) is 0 Å². The fraction of sp³-hybridized carbons (Fsp3) is 0.636. The van der Waals surface area contributed by atoms with Crippen LogP contribution < -0.4 is 20.1 Å². The molecule has 10 heteroatoms. The molecule has 178 valence electrons. The van der Waals surface area contributed by atoms with Gasteiger partial charge in [0.2, 0.25) is 21.8 Å². The van der Waals surface area contributed by atoms with Crippen molar-refractivity contribution in [1.29, 1.82) is 0 Å². The minimum atomic E-state index is -3.58. The summed E-state index contributed by atoms with van der Waals surface area (Å²) < 4.78 is 38.1. The van der Waals surface area contributed by atoms with E-state index in [9.17, 15) is 18.0 Å². The molecule has 2 fully saturated rings. The van der Waals surface area contributed by atoms with Crippen LogP contribution in [0.4, 0.5) is 0 Å². The molecule has 1 atom stereocenters. The van der Waals surface area contributed by atoms with Crippen molar-refractivity contribution < 1.29 is 27.5 Å². The summed E-state index contributed by atoms with van der Waals surface area (Å²) in [7, 11) is -2.06. The highest BCUT2D eigenvalue weighted by molar-refractivity contribution is 7.89. The van der Waals surface area contributed by atoms with E-state index in [1.807, 2.05) is 0 Å². The van der Waals surface area contributed by atoms with Crippen LogP contribution in [0.2, 0.25) is 0 Å². The van der Waals surface area contributed by atoms with Crippen LogP contribution in [0, 0.1) is 11.8 Å². The van der Waals surface area contributed by atoms with Crippen molar-refractivity contribution in [2.24, 2.45) is 11.8 Å². The second-order valence-electron chi connectivity index (χ2n) is 8.40. The average Bonchev–Trinajstić information content (AvgIpc) is 3.34. The Morgan fingerprint density at radius 1 is 1.03 bits per heavy atom. The highest BCUT2D eigenvalue weighted by Crippen LogP contribution is 2.29. The Morgan fingerprint density at radius 3 is 2.38 bits per heavy atom. The van der Waals surface area contributed by atoms with Crippen LogP contribution in [0.3, 0.4) is 0 Å². The van der Waals surface area contributed by atoms with E-state index in [4.69, 9.17) is 9.47 Å². The van der Waals surface area contributed by atoms with Crippen molar-refractivity contribution in [2.75, 3.05) is 33.4 Å². The van der Waals surface area contributed by atoms with Gasteiger partial charge in [-0.25, -0.2) is 13.1 Å². The fourth-order valence-corrected chi connectivity index (χ4v) is 5.22. The molecular weight excluding hydrogens is 434 g/mol. The van der Waals surface area contributed by atoms with E-state index in [0.717, 1.165) is 32.3 Å². The van der Waals surface area contributed by atoms with Crippen molar-refractivity contribution in [3.05, 3.63) is 24.3 Å². The molecule has 1 saturated carbocycles. The van der Waals surface area contributed by atoms with Crippen molar-refractivity contribution in [3.63, 3.8) is 0 Å². The summed E-state index contributed by atoms with van der Waals surface area (Å²) in [5.74, 6) is 0.308. The van der Waals surface area contributed by atoms with Gasteiger partial charge >= 0.3 is 0 Å². The Labute approximate surface area is 189 Å². The normalized spacial score (nSPS) is 23.5. The molecule has 1 unspecified atom stereocenters. The van der Waals surface area contributed by atoms with E-state index in [1.54, 1.807) is 12.1 Å². The van der Waals surface area contributed by atoms with E-state index >= 15 is 0 Å². The van der Waals surface area contributed by atoms with Crippen molar-refractivity contribution in [1.82, 2.24) is 15.4 Å². The van der Waals surface area contributed by atoms with Gasteiger partial charge in [0.1, 0.15) is 5.75 Å². The molecule has 1 aromatic carbocycles. The molecule has 2 amide bonds. The lowest BCUT2D eigenvalue weighted by molar-refractivity contribution is -0.129. The van der Waals surface area contributed by atoms with Gasteiger partial charge in [-0.3, -0.25) is 9.59 Å². The highest BCUT2D eigenvalue weighted by atomic mass is 32.2. The lowest BCUT2D eigenvalue weighted by atomic mass is 9.81. The zero-order valence-electron chi connectivity index (χ0n) is 18.5. The summed E-state index contributed by atoms with van der Waals surface area (Å²) in [6.07, 6.45) is 4.92. The third kappa shape index (κ3) is 7.18. The number of ether oxygens (including phenoxy) is 2. The predicted octanol–water partition coefficient (Wildman–Crippen LogP) is 1.19. The van der Waals surface area contributed by atoms with Crippen molar-refractivity contribution >= 4 is 21.8 Å². The fourth-order valence-electron chi connectivity index (χ4n) is 4.10. The van der Waals surface area contributed by atoms with E-state index in [0.29, 0.717) is 31.7 Å². The number of carbonyl (C=O) groups is 2. The Balaban J connectivity index is 1.34. The first-order valence-electron chi connectivity index (χ1n) is 11.2. The number of sulfonamides is 1. The second kappa shape index (κ2) is 11.6. The zero-order chi connectivity index (χ0) is 23.0. The molecule has 2 aliphatic rings. The topological polar surface area (TPSA) is 123 Å². The van der Waals surface area contributed by atoms with E-state index in [-0.39, 0.29) is 41.2 Å². The van der Waals surface area contributed by atoms with Crippen molar-refractivity contribution in [2.45, 2.75) is 49.5 Å². The molecule has 32 heavy (non-hydrogen) atoms. The molecule has 1 aliphatic carbocycles. The van der Waals surface area contributed by atoms with Gasteiger partial charge in [-0.1, -0.05) is 0 Å². The minimum absolute atomic E-state index is 0.0346. The van der Waals surface area contributed by atoms with Gasteiger partial charge in [0.25, 0.3) is 0 Å². The largest absolute Gasteiger partial charge is 0.497 e. The lowest BCUT2D eigenvalue weighted by Crippen LogP contribution is -2.42. The van der Waals surface area contributed by atoms with Gasteiger partial charge in [0.05, 0.1) is 24.7 Å². The molecule has 9 nitrogen and oxygen atoms in total. The molecule has 1 aliphatic heterocycles. The molecule has 1 heterocycles. The van der Waals surface area contributed by atoms with E-state index in [1.165, 1.54) is 19.2 Å². The monoisotopic (exact) mass is 467 g/mol. The van der Waals surface area contributed by atoms with Gasteiger partial charge in [-0.2, -0.15) is 0 Å². The average molecular weight is 468 g/mol. The molecule has 0 aromatic heterocycles. The van der Waals surface area contributed by atoms with E-state index < -0.39 is 10.0 Å². The minimum Gasteiger partial charge on any atom is -0.497 e. The number of methoxy groups -OCH3 is 1. The Kier molecular flexibility index (Phi) is 8.89. The molecule has 3 rings (SSSR count). The lowest BCUT2D eigenvalue weighted by Gasteiger charge is -2.27. The molecule has 0 radical (unpaired) electrons. The number of hydrogen-bond acceptors (Lipinski definition) is 6. The van der Waals surface area contributed by atoms with Gasteiger partial charge < -0.3 is 20.1 Å². The maximum absolute atomic E-state index is 12.5. The Hall–Kier alpha value is -2.17. The number of rotatable bonds is 10. The maximum Gasteiger partial charge on any atom is 0.240 e. The Morgan fingerprint density at radius 2 is 1.75 bits per heavy atom. The number of nitrogens with one attached hydrogen (secondary N) is 3. The zero-order valence-corrected chi connectivity index (χ0v) is 19.3. The molecular formula is C22H33N3O6S. The third-order valence-corrected chi connectivity index (χ3v) is 7.56. The summed E-state index contributed by atoms with van der Waals surface area (Å²) >= 11 is 0. The first-order valence-corrected chi connectivity index (χ1v) is 12.7. The second-order valence-corrected chi connectivity index (χ2v) is 10.2. The first kappa shape index (κ1) is 24.5. The van der Waals surface area contributed by atoms with Gasteiger partial charge in [0, 0.05) is 25.6 Å². The molecule has 1 aromatic rings. The van der Waals surface area contributed by atoms with Gasteiger partial charge in [-0.15, -0.1) is 0 Å². The standard InChI is InChI=1S/C22H33N3O6S/c1-30-18-8-10-20(11-9-18)32(28,29)25-13-16-4-6-17(7-5-16)22(27)24-15-21(26)23-14-19-3-2-12-31-19/h8-11,16-17,19,25H,2-7,12-15H2,1H3,(H,23,26)(H,24,27). The van der Waals surface area contributed by atoms with E-state index in [2.05, 4.69) is 15.4 Å². The van der Waals surface area contributed by atoms with Crippen LogP contribution in [0.25, 0.3) is 0 Å². The maximum atomic E-state index is 12.5. The number of hydrogen-bond donors (Lipinski definition) is 3. The summed E-state index contributed by atoms with van der Waals surface area (Å²) in [6.45, 7) is 1.52. The first-order chi connectivity index (χ1) is 15.4. The van der Waals surface area contributed by atoms with Crippen molar-refractivity contribution in [3.8, 4) is 5.75 Å². The molecule has 0 spiro atoms. The Bertz CT molecular complexity index is 860. The summed E-state index contributed by atoms with van der Waals surface area (Å²) in [5.41, 5.74) is 0. The van der Waals surface area contributed by atoms with Crippen LogP contribution in [0.5, 0.6) is 5.75 Å². The summed E-state index contributed by atoms with van der Waals surface area (Å²) in [4.78, 5) is 24.5. The molecule has 3 N–H and O–H groups in total. The number of benzene rings is 1. The predicted molar refractivity (Wildman–Crippen MR) is 119 cm³/mol. The molecule has 0 bridgehead atoms. The highest BCUT2D eigenvalue weighted by Gasteiger charge is 2.27. The third-order valence-electron chi connectivity index (χ3n) is 6.12.